The topological polar surface area (TPSA) is 67.4 Å². The predicted molar refractivity (Wildman–Crippen MR) is 83.0 cm³/mol. The molecular formula is C16H28N2O3. The second kappa shape index (κ2) is 7.48. The number of carbonyl (C=O) groups is 2. The highest BCUT2D eigenvalue weighted by atomic mass is 16.6. The molecule has 0 unspecified atom stereocenters. The third-order valence-electron chi connectivity index (χ3n) is 3.21. The van der Waals surface area contributed by atoms with E-state index in [2.05, 4.69) is 10.6 Å². The number of allylic oxidation sites excluding steroid dienone is 1. The molecule has 120 valence electrons. The Hall–Kier alpha value is -1.52. The molecule has 5 nitrogen and oxygen atoms in total. The van der Waals surface area contributed by atoms with Gasteiger partial charge in [0.05, 0.1) is 0 Å². The normalized spacial score (nSPS) is 22.1. The van der Waals surface area contributed by atoms with Gasteiger partial charge < -0.3 is 15.4 Å². The van der Waals surface area contributed by atoms with E-state index < -0.39 is 5.60 Å². The van der Waals surface area contributed by atoms with Crippen LogP contribution in [0.15, 0.2) is 11.6 Å². The zero-order chi connectivity index (χ0) is 16.0. The van der Waals surface area contributed by atoms with E-state index in [1.54, 1.807) is 6.08 Å². The largest absolute Gasteiger partial charge is 0.444 e. The number of ether oxygens (including phenoxy) is 1. The van der Waals surface area contributed by atoms with Crippen molar-refractivity contribution < 1.29 is 14.3 Å². The van der Waals surface area contributed by atoms with Crippen LogP contribution in [-0.2, 0) is 9.53 Å². The average molecular weight is 296 g/mol. The molecule has 0 aromatic carbocycles. The van der Waals surface area contributed by atoms with Crippen LogP contribution in [0.5, 0.6) is 0 Å². The van der Waals surface area contributed by atoms with Gasteiger partial charge >= 0.3 is 6.09 Å². The van der Waals surface area contributed by atoms with E-state index in [0.29, 0.717) is 0 Å². The molecule has 1 aliphatic rings. The molecule has 0 atom stereocenters. The zero-order valence-corrected chi connectivity index (χ0v) is 13.8. The van der Waals surface area contributed by atoms with Gasteiger partial charge in [-0.1, -0.05) is 5.57 Å². The molecule has 0 bridgehead atoms. The lowest BCUT2D eigenvalue weighted by Gasteiger charge is -2.30. The summed E-state index contributed by atoms with van der Waals surface area (Å²) >= 11 is 0. The summed E-state index contributed by atoms with van der Waals surface area (Å²) in [5.41, 5.74) is 0.521. The maximum atomic E-state index is 11.7. The summed E-state index contributed by atoms with van der Waals surface area (Å²) in [6, 6.07) is 0.334. The van der Waals surface area contributed by atoms with Gasteiger partial charge in [0.1, 0.15) is 5.60 Å². The number of nitrogens with one attached hydrogen (secondary N) is 2. The first-order chi connectivity index (χ1) is 9.65. The van der Waals surface area contributed by atoms with Crippen molar-refractivity contribution in [1.82, 2.24) is 10.6 Å². The van der Waals surface area contributed by atoms with Gasteiger partial charge in [-0.2, -0.15) is 0 Å². The summed E-state index contributed by atoms with van der Waals surface area (Å²) in [5, 5.41) is 5.90. The maximum absolute atomic E-state index is 11.7. The van der Waals surface area contributed by atoms with Gasteiger partial charge in [0.15, 0.2) is 0 Å². The fourth-order valence-electron chi connectivity index (χ4n) is 2.36. The highest BCUT2D eigenvalue weighted by molar-refractivity contribution is 5.88. The molecule has 0 radical (unpaired) electrons. The van der Waals surface area contributed by atoms with Gasteiger partial charge in [0, 0.05) is 18.2 Å². The van der Waals surface area contributed by atoms with Crippen LogP contribution < -0.4 is 10.6 Å². The fourth-order valence-corrected chi connectivity index (χ4v) is 2.36. The minimum Gasteiger partial charge on any atom is -0.444 e. The lowest BCUT2D eigenvalue weighted by atomic mass is 9.91. The molecule has 0 aromatic rings. The molecule has 0 saturated heterocycles. The van der Waals surface area contributed by atoms with E-state index in [0.717, 1.165) is 31.3 Å². The minimum atomic E-state index is -0.473. The van der Waals surface area contributed by atoms with Crippen LogP contribution in [0.25, 0.3) is 0 Å². The Kier molecular flexibility index (Phi) is 6.24. The molecular weight excluding hydrogens is 268 g/mol. The van der Waals surface area contributed by atoms with Crippen molar-refractivity contribution in [2.45, 2.75) is 78.0 Å². The summed E-state index contributed by atoms with van der Waals surface area (Å²) in [4.78, 5) is 23.4. The third kappa shape index (κ3) is 7.73. The zero-order valence-electron chi connectivity index (χ0n) is 13.8. The Morgan fingerprint density at radius 1 is 1.00 bits per heavy atom. The Labute approximate surface area is 127 Å². The first-order valence-corrected chi connectivity index (χ1v) is 7.60. The van der Waals surface area contributed by atoms with Gasteiger partial charge in [0.2, 0.25) is 5.91 Å². The van der Waals surface area contributed by atoms with Crippen LogP contribution in [0.4, 0.5) is 4.79 Å². The van der Waals surface area contributed by atoms with Gasteiger partial charge in [-0.3, -0.25) is 4.79 Å². The number of hydrogen-bond donors (Lipinski definition) is 2. The number of hydrogen-bond acceptors (Lipinski definition) is 3. The lowest BCUT2D eigenvalue weighted by molar-refractivity contribution is -0.117. The van der Waals surface area contributed by atoms with Gasteiger partial charge in [-0.15, -0.1) is 0 Å². The van der Waals surface area contributed by atoms with Crippen molar-refractivity contribution in [1.29, 1.82) is 0 Å². The summed E-state index contributed by atoms with van der Waals surface area (Å²) in [5.74, 6) is -0.0291. The molecule has 1 saturated carbocycles. The Bertz CT molecular complexity index is 398. The molecule has 2 amide bonds. The first kappa shape index (κ1) is 17.5. The standard InChI is InChI=1S/C16H28N2O3/c1-11(2)10-14(19)17-12-6-8-13(9-7-12)18-15(20)21-16(3,4)5/h10,12-13H,6-9H2,1-5H3,(H,17,19)(H,18,20). The summed E-state index contributed by atoms with van der Waals surface area (Å²) < 4.78 is 5.25. The molecule has 0 heterocycles. The molecule has 2 N–H and O–H groups in total. The van der Waals surface area contributed by atoms with E-state index in [9.17, 15) is 9.59 Å². The molecule has 1 fully saturated rings. The third-order valence-corrected chi connectivity index (χ3v) is 3.21. The van der Waals surface area contributed by atoms with Gasteiger partial charge in [0.25, 0.3) is 0 Å². The monoisotopic (exact) mass is 296 g/mol. The molecule has 0 spiro atoms. The van der Waals surface area contributed by atoms with Gasteiger partial charge in [-0.25, -0.2) is 4.79 Å². The van der Waals surface area contributed by atoms with Crippen molar-refractivity contribution in [3.05, 3.63) is 11.6 Å². The van der Waals surface area contributed by atoms with Crippen LogP contribution >= 0.6 is 0 Å². The Balaban J connectivity index is 2.31. The number of rotatable bonds is 3. The van der Waals surface area contributed by atoms with Crippen LogP contribution in [-0.4, -0.2) is 29.7 Å². The number of carbonyl (C=O) groups excluding carboxylic acids is 2. The van der Waals surface area contributed by atoms with Crippen molar-refractivity contribution >= 4 is 12.0 Å². The minimum absolute atomic E-state index is 0.0291. The maximum Gasteiger partial charge on any atom is 0.407 e. The van der Waals surface area contributed by atoms with Crippen LogP contribution in [0.2, 0.25) is 0 Å². The smallest absolute Gasteiger partial charge is 0.407 e. The van der Waals surface area contributed by atoms with E-state index in [-0.39, 0.29) is 24.1 Å². The molecule has 1 rings (SSSR count). The Morgan fingerprint density at radius 3 is 1.90 bits per heavy atom. The summed E-state index contributed by atoms with van der Waals surface area (Å²) in [6.45, 7) is 9.36. The molecule has 5 heteroatoms. The van der Waals surface area contributed by atoms with Crippen molar-refractivity contribution in [3.8, 4) is 0 Å². The van der Waals surface area contributed by atoms with E-state index >= 15 is 0 Å². The first-order valence-electron chi connectivity index (χ1n) is 7.60. The quantitative estimate of drug-likeness (QED) is 0.787. The molecule has 0 aliphatic heterocycles. The number of amides is 2. The SMILES string of the molecule is CC(C)=CC(=O)NC1CCC(NC(=O)OC(C)(C)C)CC1. The second-order valence-electron chi connectivity index (χ2n) is 6.93. The highest BCUT2D eigenvalue weighted by Gasteiger charge is 2.25. The lowest BCUT2D eigenvalue weighted by Crippen LogP contribution is -2.44. The van der Waals surface area contributed by atoms with E-state index in [4.69, 9.17) is 4.74 Å². The summed E-state index contributed by atoms with van der Waals surface area (Å²) in [7, 11) is 0. The molecule has 1 aliphatic carbocycles. The van der Waals surface area contributed by atoms with Crippen molar-refractivity contribution in [2.75, 3.05) is 0 Å². The molecule has 21 heavy (non-hydrogen) atoms. The Morgan fingerprint density at radius 2 is 1.48 bits per heavy atom. The highest BCUT2D eigenvalue weighted by Crippen LogP contribution is 2.19. The van der Waals surface area contributed by atoms with Crippen LogP contribution in [0.3, 0.4) is 0 Å². The van der Waals surface area contributed by atoms with Crippen LogP contribution in [0, 0.1) is 0 Å². The second-order valence-corrected chi connectivity index (χ2v) is 6.93. The molecule has 0 aromatic heterocycles. The van der Waals surface area contributed by atoms with Crippen molar-refractivity contribution in [2.24, 2.45) is 0 Å². The number of alkyl carbamates (subject to hydrolysis) is 1. The van der Waals surface area contributed by atoms with E-state index in [1.807, 2.05) is 34.6 Å². The predicted octanol–water partition coefficient (Wildman–Crippen LogP) is 2.90. The van der Waals surface area contributed by atoms with Gasteiger partial charge in [-0.05, 0) is 60.3 Å². The summed E-state index contributed by atoms with van der Waals surface area (Å²) in [6.07, 6.45) is 4.73. The van der Waals surface area contributed by atoms with Crippen molar-refractivity contribution in [3.63, 3.8) is 0 Å². The van der Waals surface area contributed by atoms with Crippen LogP contribution in [0.1, 0.15) is 60.3 Å². The average Bonchev–Trinajstić information content (AvgIpc) is 2.27. The fraction of sp³-hybridized carbons (Fsp3) is 0.750. The van der Waals surface area contributed by atoms with E-state index in [1.165, 1.54) is 0 Å².